The summed E-state index contributed by atoms with van der Waals surface area (Å²) in [5.41, 5.74) is -0.665. The number of rotatable bonds is 5. The molecule has 2 rings (SSSR count). The first-order valence-electron chi connectivity index (χ1n) is 6.53. The summed E-state index contributed by atoms with van der Waals surface area (Å²) in [6.07, 6.45) is 7.87. The number of hydrogen-bond acceptors (Lipinski definition) is 3. The molecule has 0 spiro atoms. The van der Waals surface area contributed by atoms with Crippen LogP contribution in [0.15, 0.2) is 12.2 Å². The van der Waals surface area contributed by atoms with Crippen molar-refractivity contribution in [2.45, 2.75) is 45.1 Å². The van der Waals surface area contributed by atoms with Gasteiger partial charge in [0.05, 0.1) is 18.1 Å². The highest BCUT2D eigenvalue weighted by Crippen LogP contribution is 2.43. The molecule has 1 N–H and O–H groups in total. The van der Waals surface area contributed by atoms with Gasteiger partial charge in [-0.1, -0.05) is 12.2 Å². The van der Waals surface area contributed by atoms with E-state index in [1.54, 1.807) is 13.8 Å². The lowest BCUT2D eigenvalue weighted by atomic mass is 9.94. The molecule has 1 unspecified atom stereocenters. The molecule has 3 atom stereocenters. The molecule has 0 saturated heterocycles. The number of ether oxygens (including phenoxy) is 1. The quantitative estimate of drug-likeness (QED) is 0.454. The minimum Gasteiger partial charge on any atom is -0.465 e. The molecule has 1 saturated carbocycles. The lowest BCUT2D eigenvalue weighted by molar-refractivity contribution is -0.149. The summed E-state index contributed by atoms with van der Waals surface area (Å²) in [6.45, 7) is 3.98. The molecular weight excluding hydrogens is 216 g/mol. The zero-order valence-electron chi connectivity index (χ0n) is 10.7. The molecule has 96 valence electrons. The molecule has 0 aromatic carbocycles. The first-order chi connectivity index (χ1) is 7.96. The van der Waals surface area contributed by atoms with Crippen LogP contribution in [-0.4, -0.2) is 23.3 Å². The van der Waals surface area contributed by atoms with Crippen LogP contribution in [0.1, 0.15) is 39.5 Å². The Bertz CT molecular complexity index is 314. The summed E-state index contributed by atoms with van der Waals surface area (Å²) in [6, 6.07) is 0. The van der Waals surface area contributed by atoms with E-state index < -0.39 is 5.60 Å². The van der Waals surface area contributed by atoms with Crippen LogP contribution in [0.5, 0.6) is 0 Å². The Morgan fingerprint density at radius 2 is 2.18 bits per heavy atom. The van der Waals surface area contributed by atoms with E-state index in [1.807, 2.05) is 0 Å². The molecule has 0 aromatic rings. The van der Waals surface area contributed by atoms with Gasteiger partial charge in [0.15, 0.2) is 0 Å². The van der Waals surface area contributed by atoms with Crippen molar-refractivity contribution in [3.05, 3.63) is 12.2 Å². The highest BCUT2D eigenvalue weighted by atomic mass is 16.5. The maximum atomic E-state index is 11.8. The van der Waals surface area contributed by atoms with Gasteiger partial charge in [0, 0.05) is 0 Å². The van der Waals surface area contributed by atoms with E-state index in [0.717, 1.165) is 19.3 Å². The van der Waals surface area contributed by atoms with E-state index in [9.17, 15) is 9.90 Å². The number of fused-ring (bicyclic) bond motifs is 2. The third-order valence-electron chi connectivity index (χ3n) is 3.76. The van der Waals surface area contributed by atoms with Gasteiger partial charge >= 0.3 is 5.97 Å². The Kier molecular flexibility index (Phi) is 3.57. The summed E-state index contributed by atoms with van der Waals surface area (Å²) < 4.78 is 5.29. The fraction of sp³-hybridized carbons (Fsp3) is 0.786. The highest BCUT2D eigenvalue weighted by Gasteiger charge is 2.40. The van der Waals surface area contributed by atoms with Gasteiger partial charge in [-0.2, -0.15) is 0 Å². The Morgan fingerprint density at radius 3 is 2.71 bits per heavy atom. The van der Waals surface area contributed by atoms with Crippen LogP contribution in [0.4, 0.5) is 0 Å². The van der Waals surface area contributed by atoms with E-state index in [-0.39, 0.29) is 11.9 Å². The van der Waals surface area contributed by atoms with Gasteiger partial charge in [0.1, 0.15) is 0 Å². The van der Waals surface area contributed by atoms with E-state index in [4.69, 9.17) is 4.74 Å². The average Bonchev–Trinajstić information content (AvgIpc) is 2.84. The number of aliphatic hydroxyl groups is 1. The van der Waals surface area contributed by atoms with Crippen molar-refractivity contribution >= 4 is 5.97 Å². The first-order valence-corrected chi connectivity index (χ1v) is 6.53. The van der Waals surface area contributed by atoms with Crippen LogP contribution >= 0.6 is 0 Å². The lowest BCUT2D eigenvalue weighted by Crippen LogP contribution is -2.23. The van der Waals surface area contributed by atoms with Gasteiger partial charge in [-0.25, -0.2) is 0 Å². The number of allylic oxidation sites excluding steroid dienone is 2. The van der Waals surface area contributed by atoms with Crippen molar-refractivity contribution in [3.63, 3.8) is 0 Å². The molecule has 2 bridgehead atoms. The standard InChI is InChI=1S/C14H22O3/c1-14(2,16)6-3-7-17-13(15)12-9-10-4-5-11(12)8-10/h4-5,10-12,16H,3,6-9H2,1-2H3/t10-,11+,12?/m1/s1. The molecule has 3 nitrogen and oxygen atoms in total. The van der Waals surface area contributed by atoms with Gasteiger partial charge in [-0.15, -0.1) is 0 Å². The molecule has 0 aliphatic heterocycles. The van der Waals surface area contributed by atoms with Crippen LogP contribution in [0.25, 0.3) is 0 Å². The molecule has 0 radical (unpaired) electrons. The molecule has 0 amide bonds. The molecule has 3 heteroatoms. The minimum absolute atomic E-state index is 0.0439. The molecule has 17 heavy (non-hydrogen) atoms. The summed E-state index contributed by atoms with van der Waals surface area (Å²) in [4.78, 5) is 11.8. The van der Waals surface area contributed by atoms with Crippen LogP contribution in [0.2, 0.25) is 0 Å². The SMILES string of the molecule is CC(C)(O)CCCOC(=O)C1C[C@@H]2C=C[C@H]1C2. The second-order valence-electron chi connectivity index (χ2n) is 5.97. The Morgan fingerprint density at radius 1 is 1.41 bits per heavy atom. The van der Waals surface area contributed by atoms with Crippen molar-refractivity contribution in [3.8, 4) is 0 Å². The maximum absolute atomic E-state index is 11.8. The fourth-order valence-electron chi connectivity index (χ4n) is 2.84. The number of carbonyl (C=O) groups excluding carboxylic acids is 1. The average molecular weight is 238 g/mol. The van der Waals surface area contributed by atoms with Crippen LogP contribution in [0.3, 0.4) is 0 Å². The van der Waals surface area contributed by atoms with Crippen LogP contribution in [-0.2, 0) is 9.53 Å². The van der Waals surface area contributed by atoms with Gasteiger partial charge in [0.2, 0.25) is 0 Å². The van der Waals surface area contributed by atoms with Gasteiger partial charge in [-0.05, 0) is 51.4 Å². The molecule has 1 fully saturated rings. The largest absolute Gasteiger partial charge is 0.465 e. The molecule has 2 aliphatic carbocycles. The number of hydrogen-bond donors (Lipinski definition) is 1. The van der Waals surface area contributed by atoms with Crippen molar-refractivity contribution in [2.75, 3.05) is 6.61 Å². The fourth-order valence-corrected chi connectivity index (χ4v) is 2.84. The van der Waals surface area contributed by atoms with Crippen LogP contribution in [0, 0.1) is 17.8 Å². The monoisotopic (exact) mass is 238 g/mol. The summed E-state index contributed by atoms with van der Waals surface area (Å²) >= 11 is 0. The van der Waals surface area contributed by atoms with E-state index in [0.29, 0.717) is 24.9 Å². The Hall–Kier alpha value is -0.830. The zero-order chi connectivity index (χ0) is 12.5. The van der Waals surface area contributed by atoms with Gasteiger partial charge < -0.3 is 9.84 Å². The summed E-state index contributed by atoms with van der Waals surface area (Å²) in [5.74, 6) is 1.07. The van der Waals surface area contributed by atoms with Crippen LogP contribution < -0.4 is 0 Å². The van der Waals surface area contributed by atoms with Crippen molar-refractivity contribution < 1.29 is 14.6 Å². The van der Waals surface area contributed by atoms with Crippen molar-refractivity contribution in [1.29, 1.82) is 0 Å². The predicted molar refractivity (Wildman–Crippen MR) is 65.3 cm³/mol. The molecule has 0 aromatic heterocycles. The van der Waals surface area contributed by atoms with E-state index in [1.165, 1.54) is 0 Å². The third-order valence-corrected chi connectivity index (χ3v) is 3.76. The second kappa shape index (κ2) is 4.81. The number of carbonyl (C=O) groups is 1. The number of esters is 1. The Labute approximate surface area is 103 Å². The normalized spacial score (nSPS) is 30.9. The third kappa shape index (κ3) is 3.32. The molecular formula is C14H22O3. The molecule has 0 heterocycles. The predicted octanol–water partition coefficient (Wildman–Crippen LogP) is 2.29. The molecule has 2 aliphatic rings. The summed E-state index contributed by atoms with van der Waals surface area (Å²) in [5, 5.41) is 9.53. The second-order valence-corrected chi connectivity index (χ2v) is 5.97. The van der Waals surface area contributed by atoms with E-state index in [2.05, 4.69) is 12.2 Å². The van der Waals surface area contributed by atoms with E-state index >= 15 is 0 Å². The Balaban J connectivity index is 1.67. The smallest absolute Gasteiger partial charge is 0.309 e. The summed E-state index contributed by atoms with van der Waals surface area (Å²) in [7, 11) is 0. The highest BCUT2D eigenvalue weighted by molar-refractivity contribution is 5.74. The van der Waals surface area contributed by atoms with Crippen molar-refractivity contribution in [1.82, 2.24) is 0 Å². The van der Waals surface area contributed by atoms with Gasteiger partial charge in [-0.3, -0.25) is 4.79 Å². The maximum Gasteiger partial charge on any atom is 0.309 e. The first kappa shape index (κ1) is 12.6. The van der Waals surface area contributed by atoms with Gasteiger partial charge in [0.25, 0.3) is 0 Å². The zero-order valence-corrected chi connectivity index (χ0v) is 10.7. The van der Waals surface area contributed by atoms with Crippen molar-refractivity contribution in [2.24, 2.45) is 17.8 Å². The minimum atomic E-state index is -0.665. The topological polar surface area (TPSA) is 46.5 Å². The lowest BCUT2D eigenvalue weighted by Gasteiger charge is -2.19.